The Bertz CT molecular complexity index is 1290. The van der Waals surface area contributed by atoms with E-state index < -0.39 is 10.2 Å². The number of piperidine rings is 1. The van der Waals surface area contributed by atoms with Crippen LogP contribution < -0.4 is 4.90 Å². The quantitative estimate of drug-likeness (QED) is 0.526. The van der Waals surface area contributed by atoms with Crippen LogP contribution in [0.2, 0.25) is 0 Å². The molecule has 36 heavy (non-hydrogen) atoms. The van der Waals surface area contributed by atoms with Crippen LogP contribution in [0.25, 0.3) is 0 Å². The third kappa shape index (κ3) is 5.57. The zero-order chi connectivity index (χ0) is 24.3. The molecular formula is C26H31ClN6O2S. The first-order valence-electron chi connectivity index (χ1n) is 12.1. The van der Waals surface area contributed by atoms with Crippen molar-refractivity contribution in [2.75, 3.05) is 24.5 Å². The molecule has 190 valence electrons. The monoisotopic (exact) mass is 526 g/mol. The smallest absolute Gasteiger partial charge is 0.282 e. The molecule has 0 unspecified atom stereocenters. The summed E-state index contributed by atoms with van der Waals surface area (Å²) >= 11 is 0. The van der Waals surface area contributed by atoms with Crippen LogP contribution in [0.5, 0.6) is 0 Å². The topological polar surface area (TPSA) is 96.3 Å². The van der Waals surface area contributed by atoms with Gasteiger partial charge in [-0.15, -0.1) is 12.4 Å². The van der Waals surface area contributed by atoms with Gasteiger partial charge < -0.3 is 9.88 Å². The average molecular weight is 527 g/mol. The van der Waals surface area contributed by atoms with Crippen LogP contribution in [0.3, 0.4) is 0 Å². The largest absolute Gasteiger partial charge is 0.364 e. The Hall–Kier alpha value is -2.90. The van der Waals surface area contributed by atoms with Gasteiger partial charge in [-0.05, 0) is 48.6 Å². The summed E-state index contributed by atoms with van der Waals surface area (Å²) in [4.78, 5) is 9.54. The zero-order valence-corrected chi connectivity index (χ0v) is 21.7. The number of imidazole rings is 1. The Balaban J connectivity index is 0.00000304. The van der Waals surface area contributed by atoms with E-state index in [1.807, 2.05) is 30.3 Å². The van der Waals surface area contributed by atoms with Gasteiger partial charge in [0, 0.05) is 44.1 Å². The van der Waals surface area contributed by atoms with Gasteiger partial charge in [-0.2, -0.15) is 22.3 Å². The van der Waals surface area contributed by atoms with Gasteiger partial charge in [0.15, 0.2) is 0 Å². The van der Waals surface area contributed by atoms with Crippen molar-refractivity contribution in [1.82, 2.24) is 18.6 Å². The summed E-state index contributed by atoms with van der Waals surface area (Å²) in [5, 5.41) is 9.54. The molecule has 0 spiro atoms. The molecule has 0 radical (unpaired) electrons. The van der Waals surface area contributed by atoms with Gasteiger partial charge in [0.2, 0.25) is 0 Å². The summed E-state index contributed by atoms with van der Waals surface area (Å²) in [6, 6.07) is 17.6. The van der Waals surface area contributed by atoms with Crippen LogP contribution in [0.1, 0.15) is 41.6 Å². The number of benzene rings is 2. The van der Waals surface area contributed by atoms with Crippen molar-refractivity contribution in [1.29, 1.82) is 5.26 Å². The summed E-state index contributed by atoms with van der Waals surface area (Å²) in [5.74, 6) is 0. The number of fused-ring (bicyclic) bond motifs is 1. The maximum atomic E-state index is 14.0. The number of nitriles is 1. The van der Waals surface area contributed by atoms with Gasteiger partial charge in [0.05, 0.1) is 30.2 Å². The molecule has 3 heterocycles. The van der Waals surface area contributed by atoms with E-state index in [-0.39, 0.29) is 25.0 Å². The summed E-state index contributed by atoms with van der Waals surface area (Å²) in [7, 11) is -3.69. The number of hydrogen-bond donors (Lipinski definition) is 1. The number of aromatic amines is 1. The molecule has 8 nitrogen and oxygen atoms in total. The fourth-order valence-corrected chi connectivity index (χ4v) is 6.96. The minimum absolute atomic E-state index is 0. The number of nitrogens with zero attached hydrogens (tertiary/aromatic N) is 5. The molecule has 5 rings (SSSR count). The Labute approximate surface area is 219 Å². The van der Waals surface area contributed by atoms with Gasteiger partial charge in [-0.1, -0.05) is 36.8 Å². The first kappa shape index (κ1) is 26.2. The predicted molar refractivity (Wildman–Crippen MR) is 142 cm³/mol. The first-order chi connectivity index (χ1) is 17.0. The molecule has 0 amide bonds. The van der Waals surface area contributed by atoms with E-state index in [2.05, 4.69) is 33.1 Å². The fraction of sp³-hybridized carbons (Fsp3) is 0.385. The molecule has 1 fully saturated rings. The number of H-pyrrole nitrogens is 1. The minimum atomic E-state index is -3.69. The van der Waals surface area contributed by atoms with Crippen molar-refractivity contribution in [3.8, 4) is 6.07 Å². The minimum Gasteiger partial charge on any atom is -0.364 e. The number of halogens is 1. The molecule has 1 atom stereocenters. The molecule has 10 heteroatoms. The number of aromatic nitrogens is 2. The van der Waals surface area contributed by atoms with Crippen LogP contribution in [0.15, 0.2) is 61.1 Å². The number of anilines is 1. The number of hydrogen-bond acceptors (Lipinski definition) is 5. The SMILES string of the molecule is Cl.N#Cc1ccc2c(c1)CN(S(=O)(=O)N1CCCCC1)[C@H](Cc1ccccc1)CN2Cc1cnc[nH]1. The van der Waals surface area contributed by atoms with Crippen LogP contribution >= 0.6 is 12.4 Å². The molecular weight excluding hydrogens is 496 g/mol. The molecule has 3 aromatic rings. The van der Waals surface area contributed by atoms with Crippen molar-refractivity contribution < 1.29 is 8.42 Å². The van der Waals surface area contributed by atoms with Crippen molar-refractivity contribution >= 4 is 28.3 Å². The van der Waals surface area contributed by atoms with Gasteiger partial charge >= 0.3 is 0 Å². The van der Waals surface area contributed by atoms with Crippen LogP contribution in [0.4, 0.5) is 5.69 Å². The lowest BCUT2D eigenvalue weighted by atomic mass is 10.1. The number of rotatable bonds is 6. The maximum Gasteiger partial charge on any atom is 0.282 e. The van der Waals surface area contributed by atoms with E-state index in [9.17, 15) is 13.7 Å². The highest BCUT2D eigenvalue weighted by molar-refractivity contribution is 7.86. The van der Waals surface area contributed by atoms with Crippen molar-refractivity contribution in [3.63, 3.8) is 0 Å². The van der Waals surface area contributed by atoms with E-state index in [1.165, 1.54) is 0 Å². The maximum absolute atomic E-state index is 14.0. The number of nitrogens with one attached hydrogen (secondary N) is 1. The Morgan fingerprint density at radius 2 is 1.86 bits per heavy atom. The lowest BCUT2D eigenvalue weighted by Gasteiger charge is -2.36. The van der Waals surface area contributed by atoms with Gasteiger partial charge in [-0.3, -0.25) is 0 Å². The zero-order valence-electron chi connectivity index (χ0n) is 20.1. The molecule has 1 N–H and O–H groups in total. The lowest BCUT2D eigenvalue weighted by molar-refractivity contribution is 0.264. The normalized spacial score (nSPS) is 19.1. The van der Waals surface area contributed by atoms with Crippen molar-refractivity contribution in [2.24, 2.45) is 0 Å². The van der Waals surface area contributed by atoms with Gasteiger partial charge in [-0.25, -0.2) is 4.98 Å². The Morgan fingerprint density at radius 1 is 1.08 bits per heavy atom. The van der Waals surface area contributed by atoms with E-state index in [4.69, 9.17) is 0 Å². The third-order valence-electron chi connectivity index (χ3n) is 6.88. The average Bonchev–Trinajstić information content (AvgIpc) is 3.35. The molecule has 0 aliphatic carbocycles. The standard InChI is InChI=1S/C26H30N6O2S.ClH/c27-15-22-9-10-26-23(13-22)17-32(35(33,34)31-11-5-2-6-12-31)25(14-21-7-3-1-4-8-21)19-30(26)18-24-16-28-20-29-24;/h1,3-4,7-10,13,16,20,25H,2,5-6,11-12,14,17-19H2,(H,28,29);1H/t25-;/m1./s1. The van der Waals surface area contributed by atoms with Crippen molar-refractivity contribution in [2.45, 2.75) is 44.8 Å². The van der Waals surface area contributed by atoms with E-state index in [0.717, 1.165) is 41.8 Å². The van der Waals surface area contributed by atoms with Crippen molar-refractivity contribution in [3.05, 3.63) is 83.4 Å². The fourth-order valence-electron chi connectivity index (χ4n) is 5.12. The third-order valence-corrected chi connectivity index (χ3v) is 8.92. The lowest BCUT2D eigenvalue weighted by Crippen LogP contribution is -2.52. The summed E-state index contributed by atoms with van der Waals surface area (Å²) in [6.07, 6.45) is 6.89. The molecule has 2 aromatic carbocycles. The molecule has 2 aliphatic rings. The van der Waals surface area contributed by atoms with E-state index >= 15 is 0 Å². The summed E-state index contributed by atoms with van der Waals surface area (Å²) < 4.78 is 31.4. The molecule has 2 aliphatic heterocycles. The van der Waals surface area contributed by atoms with Crippen LogP contribution in [-0.2, 0) is 29.7 Å². The molecule has 1 saturated heterocycles. The second kappa shape index (κ2) is 11.4. The predicted octanol–water partition coefficient (Wildman–Crippen LogP) is 3.87. The Kier molecular flexibility index (Phi) is 8.32. The second-order valence-corrected chi connectivity index (χ2v) is 11.2. The first-order valence-corrected chi connectivity index (χ1v) is 13.5. The highest BCUT2D eigenvalue weighted by atomic mass is 35.5. The molecule has 0 bridgehead atoms. The van der Waals surface area contributed by atoms with Crippen LogP contribution in [0, 0.1) is 11.3 Å². The Morgan fingerprint density at radius 3 is 2.56 bits per heavy atom. The summed E-state index contributed by atoms with van der Waals surface area (Å²) in [6.45, 7) is 2.45. The molecule has 1 aromatic heterocycles. The van der Waals surface area contributed by atoms with E-state index in [0.29, 0.717) is 38.2 Å². The van der Waals surface area contributed by atoms with E-state index in [1.54, 1.807) is 27.2 Å². The van der Waals surface area contributed by atoms with Crippen LogP contribution in [-0.4, -0.2) is 52.7 Å². The van der Waals surface area contributed by atoms with Gasteiger partial charge in [0.25, 0.3) is 10.2 Å². The second-order valence-electron chi connectivity index (χ2n) is 9.27. The summed E-state index contributed by atoms with van der Waals surface area (Å²) in [5.41, 5.74) is 4.38. The molecule has 0 saturated carbocycles. The highest BCUT2D eigenvalue weighted by Crippen LogP contribution is 2.33. The van der Waals surface area contributed by atoms with Gasteiger partial charge in [0.1, 0.15) is 0 Å². The highest BCUT2D eigenvalue weighted by Gasteiger charge is 2.39.